The lowest BCUT2D eigenvalue weighted by molar-refractivity contribution is 0.734. The largest absolute Gasteiger partial charge is 0.354 e. The molecular weight excluding hydrogens is 316 g/mol. The molecule has 1 unspecified atom stereocenters. The Balaban J connectivity index is 2.15. The van der Waals surface area contributed by atoms with E-state index in [4.69, 9.17) is 5.73 Å². The van der Waals surface area contributed by atoms with Crippen LogP contribution in [0.1, 0.15) is 61.3 Å². The van der Waals surface area contributed by atoms with Crippen molar-refractivity contribution in [2.24, 2.45) is 5.73 Å². The molecule has 3 rings (SSSR count). The highest BCUT2D eigenvalue weighted by molar-refractivity contribution is 5.92. The van der Waals surface area contributed by atoms with Crippen LogP contribution in [0.3, 0.4) is 0 Å². The van der Waals surface area contributed by atoms with Gasteiger partial charge in [-0.25, -0.2) is 0 Å². The fourth-order valence-electron chi connectivity index (χ4n) is 3.84. The minimum absolute atomic E-state index is 0.593. The van der Waals surface area contributed by atoms with Crippen LogP contribution in [-0.2, 0) is 6.42 Å². The van der Waals surface area contributed by atoms with Gasteiger partial charge in [-0.15, -0.1) is 0 Å². The van der Waals surface area contributed by atoms with Gasteiger partial charge in [0.05, 0.1) is 0 Å². The second kappa shape index (κ2) is 8.09. The molecular formula is C24H32N2. The Morgan fingerprint density at radius 2 is 1.85 bits per heavy atom. The number of H-pyrrole nitrogens is 1. The van der Waals surface area contributed by atoms with Crippen molar-refractivity contribution in [3.05, 3.63) is 58.7 Å². The summed E-state index contributed by atoms with van der Waals surface area (Å²) in [6.07, 6.45) is 4.45. The number of nitrogens with two attached hydrogens (primary N) is 1. The van der Waals surface area contributed by atoms with Gasteiger partial charge in [-0.3, -0.25) is 0 Å². The topological polar surface area (TPSA) is 41.8 Å². The first-order chi connectivity index (χ1) is 12.5. The molecule has 3 N–H and O–H groups in total. The number of hydrogen-bond acceptors (Lipinski definition) is 1. The van der Waals surface area contributed by atoms with E-state index in [0.29, 0.717) is 5.92 Å². The maximum absolute atomic E-state index is 5.74. The smallest absolute Gasteiger partial charge is 0.0500 e. The summed E-state index contributed by atoms with van der Waals surface area (Å²) < 4.78 is 0. The first-order valence-corrected chi connectivity index (χ1v) is 9.97. The Morgan fingerprint density at radius 1 is 1.04 bits per heavy atom. The summed E-state index contributed by atoms with van der Waals surface area (Å²) in [4.78, 5) is 3.72. The third-order valence-electron chi connectivity index (χ3n) is 5.64. The zero-order valence-electron chi connectivity index (χ0n) is 16.7. The van der Waals surface area contributed by atoms with Gasteiger partial charge in [-0.05, 0) is 80.8 Å². The molecule has 0 aliphatic heterocycles. The van der Waals surface area contributed by atoms with Crippen LogP contribution in [0.15, 0.2) is 36.4 Å². The zero-order valence-corrected chi connectivity index (χ0v) is 16.7. The van der Waals surface area contributed by atoms with E-state index in [2.05, 4.69) is 69.1 Å². The lowest BCUT2D eigenvalue weighted by Crippen LogP contribution is -1.99. The average molecular weight is 349 g/mol. The van der Waals surface area contributed by atoms with E-state index >= 15 is 0 Å². The summed E-state index contributed by atoms with van der Waals surface area (Å²) in [5, 5.41) is 1.38. The number of aryl methyl sites for hydroxylation is 3. The highest BCUT2D eigenvalue weighted by Gasteiger charge is 2.16. The molecule has 0 radical (unpaired) electrons. The third kappa shape index (κ3) is 3.71. The van der Waals surface area contributed by atoms with Crippen LogP contribution >= 0.6 is 0 Å². The Labute approximate surface area is 157 Å². The standard InChI is InChI=1S/C24H32N2/c1-5-17(3)19-10-12-23-22(15-19)21(8-6-7-13-25)24(26-23)20-11-9-16(2)14-18(20)4/h9-12,14-15,17,26H,5-8,13,25H2,1-4H3. The second-order valence-electron chi connectivity index (χ2n) is 7.66. The minimum Gasteiger partial charge on any atom is -0.354 e. The van der Waals surface area contributed by atoms with Crippen molar-refractivity contribution < 1.29 is 0 Å². The van der Waals surface area contributed by atoms with Crippen molar-refractivity contribution in [1.29, 1.82) is 0 Å². The van der Waals surface area contributed by atoms with Crippen LogP contribution in [0.4, 0.5) is 0 Å². The van der Waals surface area contributed by atoms with Crippen LogP contribution in [0.5, 0.6) is 0 Å². The van der Waals surface area contributed by atoms with Gasteiger partial charge in [0.2, 0.25) is 0 Å². The first kappa shape index (κ1) is 18.7. The Kier molecular flexibility index (Phi) is 5.83. The quantitative estimate of drug-likeness (QED) is 0.487. The summed E-state index contributed by atoms with van der Waals surface area (Å²) in [5.74, 6) is 0.593. The van der Waals surface area contributed by atoms with Gasteiger partial charge in [0, 0.05) is 22.2 Å². The molecule has 0 aliphatic carbocycles. The van der Waals surface area contributed by atoms with E-state index in [1.807, 2.05) is 0 Å². The Morgan fingerprint density at radius 3 is 2.54 bits per heavy atom. The normalized spacial score (nSPS) is 12.7. The predicted molar refractivity (Wildman–Crippen MR) is 114 cm³/mol. The lowest BCUT2D eigenvalue weighted by Gasteiger charge is -2.11. The molecule has 1 aromatic heterocycles. The molecule has 0 fully saturated rings. The molecule has 0 bridgehead atoms. The van der Waals surface area contributed by atoms with Gasteiger partial charge < -0.3 is 10.7 Å². The van der Waals surface area contributed by atoms with Crippen molar-refractivity contribution in [3.8, 4) is 11.3 Å². The van der Waals surface area contributed by atoms with E-state index in [1.165, 1.54) is 50.8 Å². The highest BCUT2D eigenvalue weighted by atomic mass is 14.7. The molecule has 138 valence electrons. The summed E-state index contributed by atoms with van der Waals surface area (Å²) in [7, 11) is 0. The molecule has 2 aromatic carbocycles. The van der Waals surface area contributed by atoms with Crippen LogP contribution in [0, 0.1) is 13.8 Å². The van der Waals surface area contributed by atoms with E-state index in [1.54, 1.807) is 0 Å². The number of rotatable bonds is 7. The summed E-state index contributed by atoms with van der Waals surface area (Å²) in [6.45, 7) is 9.70. The average Bonchev–Trinajstić information content (AvgIpc) is 2.99. The van der Waals surface area contributed by atoms with Gasteiger partial charge in [0.1, 0.15) is 0 Å². The van der Waals surface area contributed by atoms with Crippen molar-refractivity contribution in [2.45, 2.75) is 59.3 Å². The molecule has 0 aliphatic rings. The van der Waals surface area contributed by atoms with Gasteiger partial charge in [-0.1, -0.05) is 43.7 Å². The molecule has 2 heteroatoms. The monoisotopic (exact) mass is 348 g/mol. The van der Waals surface area contributed by atoms with Crippen molar-refractivity contribution >= 4 is 10.9 Å². The maximum Gasteiger partial charge on any atom is 0.0500 e. The number of fused-ring (bicyclic) bond motifs is 1. The first-order valence-electron chi connectivity index (χ1n) is 9.97. The fraction of sp³-hybridized carbons (Fsp3) is 0.417. The van der Waals surface area contributed by atoms with E-state index < -0.39 is 0 Å². The Hall–Kier alpha value is -2.06. The molecule has 0 spiro atoms. The van der Waals surface area contributed by atoms with Crippen LogP contribution in [0.2, 0.25) is 0 Å². The molecule has 1 atom stereocenters. The maximum atomic E-state index is 5.74. The molecule has 0 amide bonds. The second-order valence-corrected chi connectivity index (χ2v) is 7.66. The number of hydrogen-bond donors (Lipinski definition) is 2. The van der Waals surface area contributed by atoms with Crippen molar-refractivity contribution in [2.75, 3.05) is 6.54 Å². The van der Waals surface area contributed by atoms with E-state index in [-0.39, 0.29) is 0 Å². The molecule has 3 aromatic rings. The molecule has 1 heterocycles. The Bertz CT molecular complexity index is 889. The molecule has 2 nitrogen and oxygen atoms in total. The van der Waals surface area contributed by atoms with Crippen molar-refractivity contribution in [3.63, 3.8) is 0 Å². The van der Waals surface area contributed by atoms with Gasteiger partial charge in [-0.2, -0.15) is 0 Å². The third-order valence-corrected chi connectivity index (χ3v) is 5.64. The number of nitrogens with one attached hydrogen (secondary N) is 1. The van der Waals surface area contributed by atoms with Gasteiger partial charge in [0.15, 0.2) is 0 Å². The van der Waals surface area contributed by atoms with Crippen LogP contribution in [-0.4, -0.2) is 11.5 Å². The number of unbranched alkanes of at least 4 members (excludes halogenated alkanes) is 1. The molecule has 0 saturated carbocycles. The van der Waals surface area contributed by atoms with E-state index in [0.717, 1.165) is 25.8 Å². The summed E-state index contributed by atoms with van der Waals surface area (Å²) in [6, 6.07) is 13.7. The SMILES string of the molecule is CCC(C)c1ccc2[nH]c(-c3ccc(C)cc3C)c(CCCCN)c2c1. The molecule has 0 saturated heterocycles. The van der Waals surface area contributed by atoms with Crippen LogP contribution in [0.25, 0.3) is 22.2 Å². The van der Waals surface area contributed by atoms with E-state index in [9.17, 15) is 0 Å². The number of benzene rings is 2. The zero-order chi connectivity index (χ0) is 18.7. The van der Waals surface area contributed by atoms with Gasteiger partial charge >= 0.3 is 0 Å². The number of aromatic nitrogens is 1. The molecule has 26 heavy (non-hydrogen) atoms. The summed E-state index contributed by atoms with van der Waals surface area (Å²) in [5.41, 5.74) is 15.1. The highest BCUT2D eigenvalue weighted by Crippen LogP contribution is 2.35. The lowest BCUT2D eigenvalue weighted by atomic mass is 9.93. The van der Waals surface area contributed by atoms with Gasteiger partial charge in [0.25, 0.3) is 0 Å². The fourth-order valence-corrected chi connectivity index (χ4v) is 3.84. The minimum atomic E-state index is 0.593. The number of aromatic amines is 1. The summed E-state index contributed by atoms with van der Waals surface area (Å²) >= 11 is 0. The predicted octanol–water partition coefficient (Wildman–Crippen LogP) is 6.25. The van der Waals surface area contributed by atoms with Crippen molar-refractivity contribution in [1.82, 2.24) is 4.98 Å². The van der Waals surface area contributed by atoms with Crippen LogP contribution < -0.4 is 5.73 Å².